The molecule has 0 aromatic rings. The Bertz CT molecular complexity index is 447. The predicted octanol–water partition coefficient (Wildman–Crippen LogP) is 8.91. The van der Waals surface area contributed by atoms with E-state index in [0.717, 1.165) is 18.8 Å². The van der Waals surface area contributed by atoms with Gasteiger partial charge in [0.1, 0.15) is 0 Å². The zero-order chi connectivity index (χ0) is 25.0. The third kappa shape index (κ3) is 22.8. The lowest BCUT2D eigenvalue weighted by Gasteiger charge is -2.45. The predicted molar refractivity (Wildman–Crippen MR) is 145 cm³/mol. The van der Waals surface area contributed by atoms with Crippen molar-refractivity contribution in [1.82, 2.24) is 5.32 Å². The molecule has 0 aromatic carbocycles. The Morgan fingerprint density at radius 2 is 1.06 bits per heavy atom. The third-order valence-electron chi connectivity index (χ3n) is 6.64. The van der Waals surface area contributed by atoms with Crippen molar-refractivity contribution >= 4 is 6.09 Å². The van der Waals surface area contributed by atoms with Crippen molar-refractivity contribution in [2.45, 2.75) is 168 Å². The highest BCUT2D eigenvalue weighted by Gasteiger charge is 2.35. The number of primary amides is 1. The number of nitrogens with one attached hydrogen (secondary N) is 1. The van der Waals surface area contributed by atoms with E-state index in [1.165, 1.54) is 103 Å². The van der Waals surface area contributed by atoms with Crippen molar-refractivity contribution in [2.24, 2.45) is 11.7 Å². The summed E-state index contributed by atoms with van der Waals surface area (Å²) in [6.07, 6.45) is 23.6. The van der Waals surface area contributed by atoms with E-state index in [2.05, 4.69) is 46.9 Å². The Labute approximate surface area is 207 Å². The van der Waals surface area contributed by atoms with Crippen LogP contribution >= 0.6 is 0 Å². The van der Waals surface area contributed by atoms with Crippen molar-refractivity contribution in [3.63, 3.8) is 0 Å². The number of carbonyl (C=O) groups is 1. The monoisotopic (exact) mass is 468 g/mol. The quantitative estimate of drug-likeness (QED) is 0.209. The molecule has 4 nitrogen and oxygen atoms in total. The zero-order valence-corrected chi connectivity index (χ0v) is 23.4. The van der Waals surface area contributed by atoms with Crippen LogP contribution in [0.4, 0.5) is 4.79 Å². The van der Waals surface area contributed by atoms with Crippen LogP contribution in [0.3, 0.4) is 0 Å². The van der Waals surface area contributed by atoms with Gasteiger partial charge >= 0.3 is 6.09 Å². The van der Waals surface area contributed by atoms with Crippen LogP contribution in [0, 0.1) is 5.92 Å². The maximum absolute atomic E-state index is 10.4. The topological polar surface area (TPSA) is 64.3 Å². The molecule has 0 aliphatic carbocycles. The highest BCUT2D eigenvalue weighted by molar-refractivity contribution is 5.64. The molecule has 4 heteroatoms. The minimum atomic E-state index is -0.652. The Morgan fingerprint density at radius 1 is 0.727 bits per heavy atom. The van der Waals surface area contributed by atoms with Crippen molar-refractivity contribution < 1.29 is 9.53 Å². The molecule has 0 spiro atoms. The van der Waals surface area contributed by atoms with Crippen LogP contribution in [0.1, 0.15) is 157 Å². The first-order valence-corrected chi connectivity index (χ1v) is 14.3. The Hall–Kier alpha value is -0.770. The molecule has 0 bridgehead atoms. The molecule has 0 saturated carbocycles. The van der Waals surface area contributed by atoms with Gasteiger partial charge in [-0.3, -0.25) is 0 Å². The lowest BCUT2D eigenvalue weighted by molar-refractivity contribution is 0.138. The van der Waals surface area contributed by atoms with Gasteiger partial charge in [-0.2, -0.15) is 0 Å². The van der Waals surface area contributed by atoms with Crippen LogP contribution in [0.15, 0.2) is 0 Å². The minimum Gasteiger partial charge on any atom is -0.450 e. The van der Waals surface area contributed by atoms with Crippen LogP contribution in [0.25, 0.3) is 0 Å². The van der Waals surface area contributed by atoms with E-state index in [0.29, 0.717) is 17.7 Å². The molecule has 198 valence electrons. The number of hydrogen-bond acceptors (Lipinski definition) is 3. The van der Waals surface area contributed by atoms with Gasteiger partial charge in [0.2, 0.25) is 0 Å². The number of carbonyl (C=O) groups excluding carboxylic acids is 1. The molecule has 0 unspecified atom stereocenters. The van der Waals surface area contributed by atoms with Crippen LogP contribution in [0.5, 0.6) is 0 Å². The van der Waals surface area contributed by atoms with Crippen molar-refractivity contribution in [3.05, 3.63) is 0 Å². The number of nitrogens with two attached hydrogens (primary N) is 1. The number of hydrogen-bond donors (Lipinski definition) is 2. The van der Waals surface area contributed by atoms with Crippen molar-refractivity contribution in [1.29, 1.82) is 0 Å². The third-order valence-corrected chi connectivity index (χ3v) is 6.64. The zero-order valence-electron chi connectivity index (χ0n) is 23.4. The summed E-state index contributed by atoms with van der Waals surface area (Å²) in [5, 5.41) is 3.66. The molecule has 1 saturated heterocycles. The summed E-state index contributed by atoms with van der Waals surface area (Å²) in [6, 6.07) is 0. The summed E-state index contributed by atoms with van der Waals surface area (Å²) in [7, 11) is 0. The molecule has 0 radical (unpaired) electrons. The highest BCUT2D eigenvalue weighted by Crippen LogP contribution is 2.32. The van der Waals surface area contributed by atoms with E-state index in [4.69, 9.17) is 10.5 Å². The number of unbranched alkanes of at least 4 members (excludes halogenated alkanes) is 15. The molecule has 1 aliphatic rings. The van der Waals surface area contributed by atoms with Gasteiger partial charge in [0.05, 0.1) is 6.61 Å². The Kier molecular flexibility index (Phi) is 19.1. The molecule has 1 heterocycles. The average molecular weight is 469 g/mol. The number of rotatable bonds is 17. The van der Waals surface area contributed by atoms with E-state index in [-0.39, 0.29) is 0 Å². The smallest absolute Gasteiger partial charge is 0.404 e. The molecular weight excluding hydrogens is 408 g/mol. The Morgan fingerprint density at radius 3 is 1.36 bits per heavy atom. The molecule has 1 aliphatic heterocycles. The fourth-order valence-corrected chi connectivity index (χ4v) is 5.66. The molecule has 1 rings (SSSR count). The summed E-state index contributed by atoms with van der Waals surface area (Å²) in [5.74, 6) is 0.862. The van der Waals surface area contributed by atoms with E-state index in [1.54, 1.807) is 0 Å². The molecule has 0 atom stereocenters. The van der Waals surface area contributed by atoms with Crippen LogP contribution in [-0.4, -0.2) is 23.8 Å². The van der Waals surface area contributed by atoms with Gasteiger partial charge in [0.25, 0.3) is 0 Å². The SMILES string of the molecule is CC1CC(C)(C)NC(C)(C)C1.CCCCCCCCCCCCCCCCCCOC(N)=O. The molecule has 33 heavy (non-hydrogen) atoms. The van der Waals surface area contributed by atoms with Crippen molar-refractivity contribution in [3.8, 4) is 0 Å². The minimum absolute atomic E-state index is 0.334. The van der Waals surface area contributed by atoms with Gasteiger partial charge < -0.3 is 15.8 Å². The van der Waals surface area contributed by atoms with Crippen LogP contribution in [0.2, 0.25) is 0 Å². The first-order valence-electron chi connectivity index (χ1n) is 14.3. The molecule has 1 fully saturated rings. The second-order valence-electron chi connectivity index (χ2n) is 11.9. The molecule has 1 amide bonds. The number of ether oxygens (including phenoxy) is 1. The first-order chi connectivity index (χ1) is 15.6. The fourth-order valence-electron chi connectivity index (χ4n) is 5.66. The standard InChI is InChI=1S/C19H39NO2.C10H21N/c1-2-3-4-5-6-7-8-9-10-11-12-13-14-15-16-17-18-22-19(20)21;1-8-6-9(2,3)11-10(4,5)7-8/h2-18H2,1H3,(H2,20,21);8,11H,6-7H2,1-5H3. The second-order valence-corrected chi connectivity index (χ2v) is 11.9. The van der Waals surface area contributed by atoms with Gasteiger partial charge in [-0.05, 0) is 52.9 Å². The average Bonchev–Trinajstić information content (AvgIpc) is 2.68. The maximum atomic E-state index is 10.4. The Balaban J connectivity index is 0.000000771. The van der Waals surface area contributed by atoms with Gasteiger partial charge in [0, 0.05) is 11.1 Å². The largest absolute Gasteiger partial charge is 0.450 e. The lowest BCUT2D eigenvalue weighted by atomic mass is 9.77. The fraction of sp³-hybridized carbons (Fsp3) is 0.966. The van der Waals surface area contributed by atoms with E-state index in [9.17, 15) is 4.79 Å². The summed E-state index contributed by atoms with van der Waals surface area (Å²) >= 11 is 0. The summed E-state index contributed by atoms with van der Waals surface area (Å²) in [6.45, 7) is 14.3. The van der Waals surface area contributed by atoms with E-state index >= 15 is 0 Å². The highest BCUT2D eigenvalue weighted by atomic mass is 16.5. The van der Waals surface area contributed by atoms with E-state index < -0.39 is 6.09 Å². The summed E-state index contributed by atoms with van der Waals surface area (Å²) in [5.41, 5.74) is 5.57. The molecular formula is C29H60N2O2. The second kappa shape index (κ2) is 19.5. The first kappa shape index (κ1) is 32.2. The maximum Gasteiger partial charge on any atom is 0.404 e. The van der Waals surface area contributed by atoms with Gasteiger partial charge in [-0.25, -0.2) is 4.79 Å². The van der Waals surface area contributed by atoms with E-state index in [1.807, 2.05) is 0 Å². The van der Waals surface area contributed by atoms with Gasteiger partial charge in [-0.15, -0.1) is 0 Å². The van der Waals surface area contributed by atoms with Gasteiger partial charge in [0.15, 0.2) is 0 Å². The summed E-state index contributed by atoms with van der Waals surface area (Å²) in [4.78, 5) is 10.4. The molecule has 0 aromatic heterocycles. The van der Waals surface area contributed by atoms with Crippen molar-refractivity contribution in [2.75, 3.05) is 6.61 Å². The number of piperidine rings is 1. The van der Waals surface area contributed by atoms with Crippen LogP contribution < -0.4 is 11.1 Å². The van der Waals surface area contributed by atoms with Crippen LogP contribution in [-0.2, 0) is 4.74 Å². The summed E-state index contributed by atoms with van der Waals surface area (Å²) < 4.78 is 4.70. The van der Waals surface area contributed by atoms with Gasteiger partial charge in [-0.1, -0.05) is 110 Å². The number of amides is 1. The normalized spacial score (nSPS) is 17.3. The lowest BCUT2D eigenvalue weighted by Crippen LogP contribution is -2.57. The molecule has 3 N–H and O–H groups in total.